The van der Waals surface area contributed by atoms with Crippen molar-refractivity contribution in [3.05, 3.63) is 57.6 Å². The van der Waals surface area contributed by atoms with Crippen molar-refractivity contribution in [1.82, 2.24) is 9.55 Å². The number of nitrogens with zero attached hydrogens (tertiary/aromatic N) is 2. The molecule has 1 aromatic carbocycles. The third-order valence-corrected chi connectivity index (χ3v) is 4.80. The molecular formula is C19H22N2O2S2. The summed E-state index contributed by atoms with van der Waals surface area (Å²) in [7, 11) is 3.30. The van der Waals surface area contributed by atoms with Crippen LogP contribution in [0.1, 0.15) is 19.4 Å². The SMILES string of the molecule is CC.COc1ccc(-c2csc(=S)n2Cc2cccnc2)c(OC)c1. The molecule has 25 heavy (non-hydrogen) atoms. The summed E-state index contributed by atoms with van der Waals surface area (Å²) in [6.07, 6.45) is 3.62. The van der Waals surface area contributed by atoms with Crippen LogP contribution in [0.2, 0.25) is 0 Å². The van der Waals surface area contributed by atoms with Crippen LogP contribution in [0.4, 0.5) is 0 Å². The molecule has 3 aromatic rings. The van der Waals surface area contributed by atoms with Gasteiger partial charge < -0.3 is 14.0 Å². The number of ether oxygens (including phenoxy) is 2. The van der Waals surface area contributed by atoms with Gasteiger partial charge in [-0.05, 0) is 36.0 Å². The van der Waals surface area contributed by atoms with Crippen LogP contribution in [-0.4, -0.2) is 23.8 Å². The maximum absolute atomic E-state index is 5.52. The second-order valence-corrected chi connectivity index (χ2v) is 6.40. The fraction of sp³-hybridized carbons (Fsp3) is 0.263. The molecule has 0 amide bonds. The average molecular weight is 375 g/mol. The molecule has 3 rings (SSSR count). The Morgan fingerprint density at radius 2 is 1.96 bits per heavy atom. The van der Waals surface area contributed by atoms with Crippen LogP contribution < -0.4 is 9.47 Å². The Morgan fingerprint density at radius 1 is 1.16 bits per heavy atom. The minimum atomic E-state index is 0.681. The molecule has 0 saturated carbocycles. The van der Waals surface area contributed by atoms with Crippen LogP contribution in [0.5, 0.6) is 11.5 Å². The normalized spacial score (nSPS) is 9.92. The fourth-order valence-electron chi connectivity index (χ4n) is 2.37. The number of rotatable bonds is 5. The van der Waals surface area contributed by atoms with Gasteiger partial charge in [0.15, 0.2) is 3.95 Å². The number of hydrogen-bond donors (Lipinski definition) is 0. The van der Waals surface area contributed by atoms with Crippen LogP contribution in [0.15, 0.2) is 48.1 Å². The van der Waals surface area contributed by atoms with Crippen molar-refractivity contribution in [2.75, 3.05) is 14.2 Å². The van der Waals surface area contributed by atoms with E-state index < -0.39 is 0 Å². The Morgan fingerprint density at radius 3 is 2.60 bits per heavy atom. The minimum Gasteiger partial charge on any atom is -0.497 e. The highest BCUT2D eigenvalue weighted by Gasteiger charge is 2.13. The standard InChI is InChI=1S/C17H16N2O2S2.C2H6/c1-20-13-5-6-14(16(8-13)21-2)15-11-23-17(22)19(15)10-12-4-3-7-18-9-12;1-2/h3-9,11H,10H2,1-2H3;1-2H3. The van der Waals surface area contributed by atoms with Gasteiger partial charge in [0.2, 0.25) is 0 Å². The first-order chi connectivity index (χ1) is 12.2. The first-order valence-electron chi connectivity index (χ1n) is 8.02. The zero-order chi connectivity index (χ0) is 18.2. The quantitative estimate of drug-likeness (QED) is 0.558. The number of hydrogen-bond acceptors (Lipinski definition) is 5. The average Bonchev–Trinajstić information content (AvgIpc) is 3.04. The highest BCUT2D eigenvalue weighted by Crippen LogP contribution is 2.35. The van der Waals surface area contributed by atoms with Crippen LogP contribution in [0, 0.1) is 3.95 Å². The van der Waals surface area contributed by atoms with Crippen LogP contribution in [-0.2, 0) is 6.54 Å². The third-order valence-electron chi connectivity index (χ3n) is 3.53. The molecule has 6 heteroatoms. The van der Waals surface area contributed by atoms with Gasteiger partial charge in [0.05, 0.1) is 26.5 Å². The van der Waals surface area contributed by atoms with E-state index in [9.17, 15) is 0 Å². The van der Waals surface area contributed by atoms with Gasteiger partial charge in [-0.25, -0.2) is 0 Å². The van der Waals surface area contributed by atoms with Crippen LogP contribution >= 0.6 is 23.6 Å². The van der Waals surface area contributed by atoms with E-state index in [-0.39, 0.29) is 0 Å². The van der Waals surface area contributed by atoms with Gasteiger partial charge >= 0.3 is 0 Å². The Hall–Kier alpha value is -2.18. The lowest BCUT2D eigenvalue weighted by Gasteiger charge is -2.13. The number of benzene rings is 1. The summed E-state index contributed by atoms with van der Waals surface area (Å²) in [5, 5.41) is 2.06. The summed E-state index contributed by atoms with van der Waals surface area (Å²) in [5.41, 5.74) is 3.13. The van der Waals surface area contributed by atoms with Gasteiger partial charge in [0.25, 0.3) is 0 Å². The summed E-state index contributed by atoms with van der Waals surface area (Å²) in [5.74, 6) is 1.52. The monoisotopic (exact) mass is 374 g/mol. The fourth-order valence-corrected chi connectivity index (χ4v) is 3.44. The van der Waals surface area contributed by atoms with Gasteiger partial charge in [-0.2, -0.15) is 0 Å². The van der Waals surface area contributed by atoms with Crippen LogP contribution in [0.3, 0.4) is 0 Å². The highest BCUT2D eigenvalue weighted by molar-refractivity contribution is 7.73. The lowest BCUT2D eigenvalue weighted by Crippen LogP contribution is -2.03. The third kappa shape index (κ3) is 4.46. The van der Waals surface area contributed by atoms with E-state index in [0.717, 1.165) is 32.3 Å². The number of thiazole rings is 1. The zero-order valence-corrected chi connectivity index (χ0v) is 16.5. The van der Waals surface area contributed by atoms with E-state index in [0.29, 0.717) is 6.54 Å². The lowest BCUT2D eigenvalue weighted by atomic mass is 10.1. The molecule has 4 nitrogen and oxygen atoms in total. The number of aromatic nitrogens is 2. The molecule has 0 aliphatic rings. The second kappa shape index (κ2) is 9.34. The summed E-state index contributed by atoms with van der Waals surface area (Å²) in [6, 6.07) is 9.77. The van der Waals surface area contributed by atoms with Crippen LogP contribution in [0.25, 0.3) is 11.3 Å². The van der Waals surface area contributed by atoms with Crippen molar-refractivity contribution in [2.45, 2.75) is 20.4 Å². The predicted molar refractivity (Wildman–Crippen MR) is 106 cm³/mol. The molecule has 0 aliphatic carbocycles. The molecule has 0 atom stereocenters. The zero-order valence-electron chi connectivity index (χ0n) is 14.9. The highest BCUT2D eigenvalue weighted by atomic mass is 32.1. The molecule has 2 aromatic heterocycles. The van der Waals surface area contributed by atoms with Gasteiger partial charge in [-0.3, -0.25) is 4.98 Å². The lowest BCUT2D eigenvalue weighted by molar-refractivity contribution is 0.395. The van der Waals surface area contributed by atoms with Crippen molar-refractivity contribution in [3.63, 3.8) is 0 Å². The summed E-state index contributed by atoms with van der Waals surface area (Å²) in [4.78, 5) is 4.17. The maximum Gasteiger partial charge on any atom is 0.161 e. The number of pyridine rings is 1. The molecular weight excluding hydrogens is 352 g/mol. The van der Waals surface area contributed by atoms with E-state index in [1.807, 2.05) is 50.4 Å². The Labute approximate surface area is 157 Å². The van der Waals surface area contributed by atoms with Crippen molar-refractivity contribution in [3.8, 4) is 22.8 Å². The molecule has 2 heterocycles. The van der Waals surface area contributed by atoms with E-state index in [1.165, 1.54) is 0 Å². The minimum absolute atomic E-state index is 0.681. The van der Waals surface area contributed by atoms with E-state index in [2.05, 4.69) is 14.9 Å². The molecule has 0 N–H and O–H groups in total. The molecule has 0 bridgehead atoms. The molecule has 0 saturated heterocycles. The van der Waals surface area contributed by atoms with E-state index in [1.54, 1.807) is 31.8 Å². The Kier molecular flexibility index (Phi) is 7.16. The van der Waals surface area contributed by atoms with Crippen molar-refractivity contribution in [2.24, 2.45) is 0 Å². The predicted octanol–water partition coefficient (Wildman–Crippen LogP) is 5.43. The Balaban J connectivity index is 0.00000109. The van der Waals surface area contributed by atoms with Gasteiger partial charge in [0, 0.05) is 29.4 Å². The Bertz CT molecular complexity index is 857. The summed E-state index contributed by atoms with van der Waals surface area (Å²) < 4.78 is 13.7. The first kappa shape index (κ1) is 19.1. The van der Waals surface area contributed by atoms with E-state index >= 15 is 0 Å². The summed E-state index contributed by atoms with van der Waals surface area (Å²) >= 11 is 7.04. The van der Waals surface area contributed by atoms with Crippen molar-refractivity contribution in [1.29, 1.82) is 0 Å². The molecule has 0 fully saturated rings. The smallest absolute Gasteiger partial charge is 0.161 e. The molecule has 0 spiro atoms. The topological polar surface area (TPSA) is 36.3 Å². The molecule has 132 valence electrons. The van der Waals surface area contributed by atoms with Gasteiger partial charge in [-0.1, -0.05) is 19.9 Å². The van der Waals surface area contributed by atoms with Crippen molar-refractivity contribution >= 4 is 23.6 Å². The maximum atomic E-state index is 5.52. The molecule has 0 aliphatic heterocycles. The number of methoxy groups -OCH3 is 2. The van der Waals surface area contributed by atoms with Gasteiger partial charge in [0.1, 0.15) is 11.5 Å². The second-order valence-electron chi connectivity index (χ2n) is 4.90. The molecule has 0 radical (unpaired) electrons. The van der Waals surface area contributed by atoms with Gasteiger partial charge in [-0.15, -0.1) is 11.3 Å². The van der Waals surface area contributed by atoms with E-state index in [4.69, 9.17) is 21.7 Å². The first-order valence-corrected chi connectivity index (χ1v) is 9.31. The van der Waals surface area contributed by atoms with Crippen molar-refractivity contribution < 1.29 is 9.47 Å². The summed E-state index contributed by atoms with van der Waals surface area (Å²) in [6.45, 7) is 4.68. The molecule has 0 unspecified atom stereocenters. The largest absolute Gasteiger partial charge is 0.497 e.